The molecule has 6 nitrogen and oxygen atoms in total. The largest absolute Gasteiger partial charge is 0.481 e. The molecule has 0 aliphatic carbocycles. The maximum atomic E-state index is 13.5. The first-order valence-electron chi connectivity index (χ1n) is 6.45. The molecule has 1 atom stereocenters. The number of hydrogen-bond acceptors (Lipinski definition) is 4. The molecule has 0 aliphatic rings. The van der Waals surface area contributed by atoms with Crippen molar-refractivity contribution in [2.45, 2.75) is 26.3 Å². The number of tetrazole rings is 1. The second-order valence-corrected chi connectivity index (χ2v) is 5.04. The maximum Gasteiger partial charge on any atom is 0.303 e. The summed E-state index contributed by atoms with van der Waals surface area (Å²) in [4.78, 5) is 10.8. The average molecular weight is 313 g/mol. The van der Waals surface area contributed by atoms with E-state index in [1.165, 1.54) is 16.8 Å². The molecule has 2 aromatic rings. The number of hydrogen-bond donors (Lipinski definition) is 1. The summed E-state index contributed by atoms with van der Waals surface area (Å²) < 4.78 is 15.0. The second kappa shape index (κ2) is 6.62. The van der Waals surface area contributed by atoms with Gasteiger partial charge < -0.3 is 5.11 Å². The molecule has 21 heavy (non-hydrogen) atoms. The van der Waals surface area contributed by atoms with Gasteiger partial charge in [-0.25, -0.2) is 9.07 Å². The van der Waals surface area contributed by atoms with E-state index < -0.39 is 11.8 Å². The van der Waals surface area contributed by atoms with Crippen LogP contribution >= 0.6 is 11.6 Å². The van der Waals surface area contributed by atoms with E-state index in [4.69, 9.17) is 16.7 Å². The van der Waals surface area contributed by atoms with E-state index >= 15 is 0 Å². The van der Waals surface area contributed by atoms with Gasteiger partial charge in [-0.05, 0) is 28.5 Å². The van der Waals surface area contributed by atoms with Crippen LogP contribution in [0.25, 0.3) is 11.4 Å². The first kappa shape index (κ1) is 15.4. The topological polar surface area (TPSA) is 80.9 Å². The Kier molecular flexibility index (Phi) is 4.85. The van der Waals surface area contributed by atoms with Crippen molar-refractivity contribution < 1.29 is 14.3 Å². The number of halogens is 2. The van der Waals surface area contributed by atoms with E-state index in [0.717, 1.165) is 0 Å². The van der Waals surface area contributed by atoms with Crippen LogP contribution in [0.2, 0.25) is 5.02 Å². The molecule has 8 heteroatoms. The third-order valence-corrected chi connectivity index (χ3v) is 3.58. The SMILES string of the molecule is CCC(CC(=O)O)Cn1nnnc1-c1cccc(F)c1Cl. The molecule has 1 unspecified atom stereocenters. The summed E-state index contributed by atoms with van der Waals surface area (Å²) in [5.74, 6) is -1.22. The number of carboxylic acid groups (broad SMARTS) is 1. The Labute approximate surface area is 125 Å². The summed E-state index contributed by atoms with van der Waals surface area (Å²) in [6.45, 7) is 2.23. The molecular formula is C13H14ClFN4O2. The van der Waals surface area contributed by atoms with Gasteiger partial charge in [0.1, 0.15) is 5.82 Å². The van der Waals surface area contributed by atoms with Crippen LogP contribution in [0, 0.1) is 11.7 Å². The van der Waals surface area contributed by atoms with E-state index in [9.17, 15) is 9.18 Å². The van der Waals surface area contributed by atoms with Gasteiger partial charge in [-0.3, -0.25) is 4.79 Å². The minimum Gasteiger partial charge on any atom is -0.481 e. The predicted molar refractivity (Wildman–Crippen MR) is 74.3 cm³/mol. The molecule has 1 heterocycles. The lowest BCUT2D eigenvalue weighted by Crippen LogP contribution is -2.16. The van der Waals surface area contributed by atoms with Crippen LogP contribution in [0.15, 0.2) is 18.2 Å². The third kappa shape index (κ3) is 3.55. The van der Waals surface area contributed by atoms with Crippen LogP contribution in [-0.4, -0.2) is 31.3 Å². The van der Waals surface area contributed by atoms with E-state index in [1.54, 1.807) is 6.07 Å². The van der Waals surface area contributed by atoms with Crippen LogP contribution in [0.1, 0.15) is 19.8 Å². The van der Waals surface area contributed by atoms with Gasteiger partial charge >= 0.3 is 5.97 Å². The molecule has 0 spiro atoms. The zero-order chi connectivity index (χ0) is 15.4. The molecule has 0 amide bonds. The fourth-order valence-electron chi connectivity index (χ4n) is 2.03. The van der Waals surface area contributed by atoms with Gasteiger partial charge in [-0.1, -0.05) is 31.0 Å². The summed E-state index contributed by atoms with van der Waals surface area (Å²) in [6.07, 6.45) is 0.690. The highest BCUT2D eigenvalue weighted by Crippen LogP contribution is 2.28. The number of nitrogens with zero attached hydrogens (tertiary/aromatic N) is 4. The Morgan fingerprint density at radius 1 is 1.52 bits per heavy atom. The molecular weight excluding hydrogens is 299 g/mol. The van der Waals surface area contributed by atoms with Crippen LogP contribution in [0.5, 0.6) is 0 Å². The first-order valence-corrected chi connectivity index (χ1v) is 6.83. The Morgan fingerprint density at radius 2 is 2.29 bits per heavy atom. The molecule has 1 aromatic carbocycles. The number of aromatic nitrogens is 4. The quantitative estimate of drug-likeness (QED) is 0.886. The Hall–Kier alpha value is -2.02. The fraction of sp³-hybridized carbons (Fsp3) is 0.385. The molecule has 1 N–H and O–H groups in total. The van der Waals surface area contributed by atoms with Gasteiger partial charge in [-0.15, -0.1) is 5.10 Å². The standard InChI is InChI=1S/C13H14ClFN4O2/c1-2-8(6-11(20)21)7-19-13(16-17-18-19)9-4-3-5-10(15)12(9)14/h3-5,8H,2,6-7H2,1H3,(H,20,21). The monoisotopic (exact) mass is 312 g/mol. The van der Waals surface area contributed by atoms with Gasteiger partial charge in [0.25, 0.3) is 0 Å². The normalized spacial score (nSPS) is 12.3. The molecule has 0 aliphatic heterocycles. The van der Waals surface area contributed by atoms with E-state index in [2.05, 4.69) is 15.5 Å². The summed E-state index contributed by atoms with van der Waals surface area (Å²) in [5, 5.41) is 20.1. The third-order valence-electron chi connectivity index (χ3n) is 3.20. The van der Waals surface area contributed by atoms with Gasteiger partial charge in [0.15, 0.2) is 5.82 Å². The van der Waals surface area contributed by atoms with Crippen molar-refractivity contribution in [2.24, 2.45) is 5.92 Å². The fourth-order valence-corrected chi connectivity index (χ4v) is 2.24. The summed E-state index contributed by atoms with van der Waals surface area (Å²) in [6, 6.07) is 4.38. The van der Waals surface area contributed by atoms with Crippen molar-refractivity contribution in [3.63, 3.8) is 0 Å². The highest BCUT2D eigenvalue weighted by Gasteiger charge is 2.19. The van der Waals surface area contributed by atoms with E-state index in [-0.39, 0.29) is 17.4 Å². The lowest BCUT2D eigenvalue weighted by Gasteiger charge is -2.13. The number of carboxylic acids is 1. The number of aliphatic carboxylic acids is 1. The maximum absolute atomic E-state index is 13.5. The minimum atomic E-state index is -0.875. The molecule has 1 aromatic heterocycles. The number of carbonyl (C=O) groups is 1. The lowest BCUT2D eigenvalue weighted by atomic mass is 10.0. The van der Waals surface area contributed by atoms with Crippen molar-refractivity contribution in [2.75, 3.05) is 0 Å². The van der Waals surface area contributed by atoms with Gasteiger partial charge in [-0.2, -0.15) is 0 Å². The van der Waals surface area contributed by atoms with E-state index in [0.29, 0.717) is 24.4 Å². The highest BCUT2D eigenvalue weighted by atomic mass is 35.5. The Bertz CT molecular complexity index is 647. The average Bonchev–Trinajstić information content (AvgIpc) is 2.88. The highest BCUT2D eigenvalue weighted by molar-refractivity contribution is 6.33. The summed E-state index contributed by atoms with van der Waals surface area (Å²) in [7, 11) is 0. The smallest absolute Gasteiger partial charge is 0.303 e. The van der Waals surface area contributed by atoms with Crippen molar-refractivity contribution in [1.29, 1.82) is 0 Å². The van der Waals surface area contributed by atoms with Crippen molar-refractivity contribution in [1.82, 2.24) is 20.2 Å². The van der Waals surface area contributed by atoms with Crippen LogP contribution < -0.4 is 0 Å². The first-order chi connectivity index (χ1) is 10.0. The molecule has 112 valence electrons. The van der Waals surface area contributed by atoms with Crippen LogP contribution in [-0.2, 0) is 11.3 Å². The van der Waals surface area contributed by atoms with Gasteiger partial charge in [0.2, 0.25) is 0 Å². The molecule has 0 saturated carbocycles. The lowest BCUT2D eigenvalue weighted by molar-refractivity contribution is -0.138. The van der Waals surface area contributed by atoms with Crippen molar-refractivity contribution in [3.8, 4) is 11.4 Å². The predicted octanol–water partition coefficient (Wildman–Crippen LogP) is 2.63. The summed E-state index contributed by atoms with van der Waals surface area (Å²) >= 11 is 5.93. The molecule has 2 rings (SSSR count). The number of rotatable bonds is 6. The molecule has 0 radical (unpaired) electrons. The Balaban J connectivity index is 2.30. The van der Waals surface area contributed by atoms with Gasteiger partial charge in [0, 0.05) is 18.5 Å². The molecule has 0 bridgehead atoms. The zero-order valence-electron chi connectivity index (χ0n) is 11.3. The van der Waals surface area contributed by atoms with Crippen LogP contribution in [0.4, 0.5) is 4.39 Å². The van der Waals surface area contributed by atoms with E-state index in [1.807, 2.05) is 6.92 Å². The molecule has 0 saturated heterocycles. The number of benzene rings is 1. The molecule has 0 fully saturated rings. The minimum absolute atomic E-state index is 0.0205. The van der Waals surface area contributed by atoms with Crippen molar-refractivity contribution >= 4 is 17.6 Å². The van der Waals surface area contributed by atoms with Crippen molar-refractivity contribution in [3.05, 3.63) is 29.0 Å². The van der Waals surface area contributed by atoms with Crippen LogP contribution in [0.3, 0.4) is 0 Å². The van der Waals surface area contributed by atoms with Gasteiger partial charge in [0.05, 0.1) is 5.02 Å². The zero-order valence-corrected chi connectivity index (χ0v) is 12.1. The second-order valence-electron chi connectivity index (χ2n) is 4.66. The Morgan fingerprint density at radius 3 is 2.95 bits per heavy atom. The summed E-state index contributed by atoms with van der Waals surface area (Å²) in [5.41, 5.74) is 0.381.